The molecule has 0 bridgehead atoms. The lowest BCUT2D eigenvalue weighted by Crippen LogP contribution is -2.48. The van der Waals surface area contributed by atoms with Gasteiger partial charge in [-0.05, 0) is 31.9 Å². The second-order valence-electron chi connectivity index (χ2n) is 6.55. The molecule has 1 aromatic carbocycles. The maximum atomic E-state index is 5.57. The van der Waals surface area contributed by atoms with Gasteiger partial charge in [0.25, 0.3) is 0 Å². The van der Waals surface area contributed by atoms with Crippen LogP contribution in [0, 0.1) is 5.92 Å². The molecule has 4 nitrogen and oxygen atoms in total. The van der Waals surface area contributed by atoms with Gasteiger partial charge in [-0.15, -0.1) is 0 Å². The van der Waals surface area contributed by atoms with E-state index in [0.717, 1.165) is 38.0 Å². The van der Waals surface area contributed by atoms with Crippen molar-refractivity contribution < 1.29 is 9.47 Å². The number of para-hydroxylation sites is 1. The van der Waals surface area contributed by atoms with Gasteiger partial charge in [0, 0.05) is 45.0 Å². The molecule has 0 amide bonds. The molecule has 122 valence electrons. The van der Waals surface area contributed by atoms with Gasteiger partial charge in [0.15, 0.2) is 0 Å². The van der Waals surface area contributed by atoms with Gasteiger partial charge in [0.05, 0.1) is 13.2 Å². The number of rotatable bonds is 4. The maximum absolute atomic E-state index is 5.57. The summed E-state index contributed by atoms with van der Waals surface area (Å²) in [5.74, 6) is 1.81. The van der Waals surface area contributed by atoms with Crippen LogP contribution in [0.1, 0.15) is 24.4 Å². The zero-order chi connectivity index (χ0) is 15.4. The van der Waals surface area contributed by atoms with E-state index in [4.69, 9.17) is 9.47 Å². The third kappa shape index (κ3) is 3.62. The van der Waals surface area contributed by atoms with E-state index in [0.29, 0.717) is 6.04 Å². The lowest BCUT2D eigenvalue weighted by atomic mass is 9.97. The minimum atomic E-state index is 0.421. The molecule has 0 aliphatic carbocycles. The van der Waals surface area contributed by atoms with Crippen molar-refractivity contribution in [3.05, 3.63) is 29.8 Å². The molecule has 0 unspecified atom stereocenters. The van der Waals surface area contributed by atoms with Gasteiger partial charge < -0.3 is 9.47 Å². The summed E-state index contributed by atoms with van der Waals surface area (Å²) in [7, 11) is 3.99. The monoisotopic (exact) mass is 304 g/mol. The van der Waals surface area contributed by atoms with E-state index in [2.05, 4.69) is 35.0 Å². The second kappa shape index (κ2) is 7.44. The van der Waals surface area contributed by atoms with E-state index < -0.39 is 0 Å². The highest BCUT2D eigenvalue weighted by Gasteiger charge is 2.29. The second-order valence-corrected chi connectivity index (χ2v) is 6.55. The maximum Gasteiger partial charge on any atom is 0.123 e. The molecule has 0 saturated carbocycles. The molecule has 2 heterocycles. The first-order chi connectivity index (χ1) is 10.8. The first-order valence-electron chi connectivity index (χ1n) is 8.41. The van der Waals surface area contributed by atoms with Gasteiger partial charge in [-0.3, -0.25) is 9.80 Å². The Morgan fingerprint density at radius 2 is 1.95 bits per heavy atom. The SMILES string of the molecule is COc1ccccc1[C@H]1CN(CC2CCOCC2)CCN1C. The summed E-state index contributed by atoms with van der Waals surface area (Å²) in [5, 5.41) is 0. The Morgan fingerprint density at radius 1 is 1.18 bits per heavy atom. The van der Waals surface area contributed by atoms with Crippen molar-refractivity contribution in [1.29, 1.82) is 0 Å². The summed E-state index contributed by atoms with van der Waals surface area (Å²) in [6, 6.07) is 8.86. The zero-order valence-electron chi connectivity index (χ0n) is 13.8. The molecule has 2 saturated heterocycles. The number of nitrogens with zero attached hydrogens (tertiary/aromatic N) is 2. The highest BCUT2D eigenvalue weighted by atomic mass is 16.5. The fourth-order valence-corrected chi connectivity index (χ4v) is 3.67. The molecule has 1 atom stereocenters. The summed E-state index contributed by atoms with van der Waals surface area (Å²) in [6.45, 7) is 6.46. The van der Waals surface area contributed by atoms with E-state index in [1.165, 1.54) is 31.5 Å². The summed E-state index contributed by atoms with van der Waals surface area (Å²) < 4.78 is 11.1. The van der Waals surface area contributed by atoms with Crippen molar-refractivity contribution in [2.75, 3.05) is 53.6 Å². The molecule has 22 heavy (non-hydrogen) atoms. The molecule has 1 aromatic rings. The van der Waals surface area contributed by atoms with Crippen LogP contribution >= 0.6 is 0 Å². The molecule has 2 aliphatic rings. The van der Waals surface area contributed by atoms with Crippen LogP contribution in [0.5, 0.6) is 5.75 Å². The third-order valence-corrected chi connectivity index (χ3v) is 5.09. The number of hydrogen-bond donors (Lipinski definition) is 0. The molecular weight excluding hydrogens is 276 g/mol. The predicted molar refractivity (Wildman–Crippen MR) is 88.3 cm³/mol. The van der Waals surface area contributed by atoms with Crippen molar-refractivity contribution in [2.24, 2.45) is 5.92 Å². The summed E-state index contributed by atoms with van der Waals surface area (Å²) >= 11 is 0. The van der Waals surface area contributed by atoms with Gasteiger partial charge in [-0.1, -0.05) is 18.2 Å². The molecule has 2 aliphatic heterocycles. The van der Waals surface area contributed by atoms with Gasteiger partial charge in [-0.25, -0.2) is 0 Å². The number of likely N-dealkylation sites (N-methyl/N-ethyl adjacent to an activating group) is 1. The average Bonchev–Trinajstić information content (AvgIpc) is 2.57. The Balaban J connectivity index is 1.67. The van der Waals surface area contributed by atoms with Gasteiger partial charge >= 0.3 is 0 Å². The quantitative estimate of drug-likeness (QED) is 0.853. The van der Waals surface area contributed by atoms with E-state index in [-0.39, 0.29) is 0 Å². The van der Waals surface area contributed by atoms with Crippen LogP contribution in [0.15, 0.2) is 24.3 Å². The summed E-state index contributed by atoms with van der Waals surface area (Å²) in [6.07, 6.45) is 2.43. The van der Waals surface area contributed by atoms with Crippen LogP contribution in [0.2, 0.25) is 0 Å². The van der Waals surface area contributed by atoms with Crippen LogP contribution < -0.4 is 4.74 Å². The predicted octanol–water partition coefficient (Wildman–Crippen LogP) is 2.41. The van der Waals surface area contributed by atoms with Crippen LogP contribution in [0.25, 0.3) is 0 Å². The van der Waals surface area contributed by atoms with E-state index in [1.807, 2.05) is 6.07 Å². The van der Waals surface area contributed by atoms with E-state index >= 15 is 0 Å². The zero-order valence-corrected chi connectivity index (χ0v) is 13.8. The summed E-state index contributed by atoms with van der Waals surface area (Å²) in [5.41, 5.74) is 1.31. The first-order valence-corrected chi connectivity index (χ1v) is 8.41. The fraction of sp³-hybridized carbons (Fsp3) is 0.667. The Morgan fingerprint density at radius 3 is 2.73 bits per heavy atom. The van der Waals surface area contributed by atoms with Gasteiger partial charge in [-0.2, -0.15) is 0 Å². The van der Waals surface area contributed by atoms with Crippen LogP contribution in [-0.4, -0.2) is 63.4 Å². The van der Waals surface area contributed by atoms with Crippen molar-refractivity contribution in [1.82, 2.24) is 9.80 Å². The average molecular weight is 304 g/mol. The Labute approximate surface area is 134 Å². The Kier molecular flexibility index (Phi) is 5.34. The molecule has 0 N–H and O–H groups in total. The van der Waals surface area contributed by atoms with Crippen LogP contribution in [-0.2, 0) is 4.74 Å². The van der Waals surface area contributed by atoms with E-state index in [1.54, 1.807) is 7.11 Å². The number of ether oxygens (including phenoxy) is 2. The molecule has 0 aromatic heterocycles. The number of benzene rings is 1. The van der Waals surface area contributed by atoms with Crippen molar-refractivity contribution in [3.63, 3.8) is 0 Å². The smallest absolute Gasteiger partial charge is 0.123 e. The number of methoxy groups -OCH3 is 1. The molecule has 0 radical (unpaired) electrons. The fourth-order valence-electron chi connectivity index (χ4n) is 3.67. The van der Waals surface area contributed by atoms with E-state index in [9.17, 15) is 0 Å². The Bertz CT molecular complexity index is 474. The minimum Gasteiger partial charge on any atom is -0.496 e. The van der Waals surface area contributed by atoms with Crippen LogP contribution in [0.4, 0.5) is 0 Å². The standard InChI is InChI=1S/C18H28N2O2/c1-19-9-10-20(13-15-7-11-22-12-8-15)14-17(19)16-5-3-4-6-18(16)21-2/h3-6,15,17H,7-14H2,1-2H3/t17-/m1/s1. The molecule has 4 heteroatoms. The largest absolute Gasteiger partial charge is 0.496 e. The highest BCUT2D eigenvalue weighted by Crippen LogP contribution is 2.31. The number of piperazine rings is 1. The van der Waals surface area contributed by atoms with Gasteiger partial charge in [0.1, 0.15) is 5.75 Å². The Hall–Kier alpha value is -1.10. The molecular formula is C18H28N2O2. The molecule has 3 rings (SSSR count). The summed E-state index contributed by atoms with van der Waals surface area (Å²) in [4.78, 5) is 5.09. The van der Waals surface area contributed by atoms with Crippen molar-refractivity contribution in [3.8, 4) is 5.75 Å². The third-order valence-electron chi connectivity index (χ3n) is 5.09. The van der Waals surface area contributed by atoms with Crippen LogP contribution in [0.3, 0.4) is 0 Å². The lowest BCUT2D eigenvalue weighted by Gasteiger charge is -2.41. The number of hydrogen-bond acceptors (Lipinski definition) is 4. The van der Waals surface area contributed by atoms with Crippen molar-refractivity contribution in [2.45, 2.75) is 18.9 Å². The minimum absolute atomic E-state index is 0.421. The topological polar surface area (TPSA) is 24.9 Å². The molecule has 2 fully saturated rings. The van der Waals surface area contributed by atoms with Crippen molar-refractivity contribution >= 4 is 0 Å². The highest BCUT2D eigenvalue weighted by molar-refractivity contribution is 5.36. The lowest BCUT2D eigenvalue weighted by molar-refractivity contribution is 0.0330. The van der Waals surface area contributed by atoms with Gasteiger partial charge in [0.2, 0.25) is 0 Å². The normalized spacial score (nSPS) is 25.3. The first kappa shape index (κ1) is 15.8. The molecule has 0 spiro atoms.